The van der Waals surface area contributed by atoms with Crippen molar-refractivity contribution in [2.45, 2.75) is 6.42 Å². The highest BCUT2D eigenvalue weighted by atomic mass is 79.9. The summed E-state index contributed by atoms with van der Waals surface area (Å²) in [4.78, 5) is 24.0. The van der Waals surface area contributed by atoms with Crippen molar-refractivity contribution in [1.29, 1.82) is 0 Å². The van der Waals surface area contributed by atoms with Crippen molar-refractivity contribution in [2.75, 3.05) is 6.54 Å². The number of amides is 1. The molecule has 96 valence electrons. The Bertz CT molecular complexity index is 675. The number of carbonyl (C=O) groups excluding carboxylic acids is 2. The van der Waals surface area contributed by atoms with Crippen LogP contribution in [0.25, 0.3) is 0 Å². The number of carbonyl (C=O) groups is 2. The predicted octanol–water partition coefficient (Wildman–Crippen LogP) is 2.56. The Labute approximate surface area is 117 Å². The number of hydrogen-bond acceptors (Lipinski definition) is 3. The lowest BCUT2D eigenvalue weighted by atomic mass is 9.96. The number of furan rings is 1. The van der Waals surface area contributed by atoms with Gasteiger partial charge in [-0.05, 0) is 46.1 Å². The van der Waals surface area contributed by atoms with Crippen LogP contribution in [-0.4, -0.2) is 18.2 Å². The molecule has 2 aromatic rings. The van der Waals surface area contributed by atoms with Crippen LogP contribution in [0.1, 0.15) is 32.0 Å². The molecule has 19 heavy (non-hydrogen) atoms. The highest BCUT2D eigenvalue weighted by Gasteiger charge is 2.20. The number of hydrogen-bond donors (Lipinski definition) is 1. The van der Waals surface area contributed by atoms with E-state index in [1.807, 2.05) is 6.07 Å². The summed E-state index contributed by atoms with van der Waals surface area (Å²) in [5, 5.41) is 2.77. The van der Waals surface area contributed by atoms with E-state index >= 15 is 0 Å². The molecular formula is C14H10BrNO3. The SMILES string of the molecule is O=C(c1ccc2c(c1)C(=O)NCC2)c1ccc(Br)o1. The molecule has 0 bridgehead atoms. The largest absolute Gasteiger partial charge is 0.446 e. The molecule has 1 amide bonds. The van der Waals surface area contributed by atoms with Gasteiger partial charge in [0.25, 0.3) is 5.91 Å². The standard InChI is InChI=1S/C14H10BrNO3/c15-12-4-3-11(19-12)13(17)9-2-1-8-5-6-16-14(18)10(8)7-9/h1-4,7H,5-6H2,(H,16,18). The zero-order valence-corrected chi connectivity index (χ0v) is 11.5. The summed E-state index contributed by atoms with van der Waals surface area (Å²) in [5.41, 5.74) is 2.00. The number of fused-ring (bicyclic) bond motifs is 1. The smallest absolute Gasteiger partial charge is 0.251 e. The lowest BCUT2D eigenvalue weighted by Gasteiger charge is -2.16. The van der Waals surface area contributed by atoms with Gasteiger partial charge in [0, 0.05) is 17.7 Å². The van der Waals surface area contributed by atoms with Crippen molar-refractivity contribution in [1.82, 2.24) is 5.32 Å². The third-order valence-electron chi connectivity index (χ3n) is 3.09. The summed E-state index contributed by atoms with van der Waals surface area (Å²) in [5.74, 6) is -0.105. The van der Waals surface area contributed by atoms with Gasteiger partial charge >= 0.3 is 0 Å². The Kier molecular flexibility index (Phi) is 2.98. The normalized spacial score (nSPS) is 13.8. The van der Waals surface area contributed by atoms with Crippen molar-refractivity contribution in [3.05, 3.63) is 57.5 Å². The lowest BCUT2D eigenvalue weighted by Crippen LogP contribution is -2.32. The van der Waals surface area contributed by atoms with E-state index in [0.29, 0.717) is 22.3 Å². The number of ketones is 1. The summed E-state index contributed by atoms with van der Waals surface area (Å²) >= 11 is 3.16. The zero-order valence-electron chi connectivity index (χ0n) is 9.90. The second-order valence-electron chi connectivity index (χ2n) is 4.31. The van der Waals surface area contributed by atoms with Gasteiger partial charge in [0.05, 0.1) is 0 Å². The van der Waals surface area contributed by atoms with Gasteiger partial charge in [0.15, 0.2) is 10.4 Å². The highest BCUT2D eigenvalue weighted by molar-refractivity contribution is 9.10. The molecule has 0 atom stereocenters. The van der Waals surface area contributed by atoms with E-state index in [2.05, 4.69) is 21.2 Å². The summed E-state index contributed by atoms with van der Waals surface area (Å²) in [6.45, 7) is 0.643. The van der Waals surface area contributed by atoms with E-state index in [1.54, 1.807) is 24.3 Å². The second-order valence-corrected chi connectivity index (χ2v) is 5.09. The molecule has 0 saturated heterocycles. The van der Waals surface area contributed by atoms with Crippen molar-refractivity contribution in [3.63, 3.8) is 0 Å². The fourth-order valence-corrected chi connectivity index (χ4v) is 2.44. The lowest BCUT2D eigenvalue weighted by molar-refractivity contribution is 0.0946. The molecule has 1 aliphatic rings. The predicted molar refractivity (Wildman–Crippen MR) is 72.3 cm³/mol. The van der Waals surface area contributed by atoms with Crippen LogP contribution in [-0.2, 0) is 6.42 Å². The third kappa shape index (κ3) is 2.21. The van der Waals surface area contributed by atoms with Gasteiger partial charge in [-0.2, -0.15) is 0 Å². The fraction of sp³-hybridized carbons (Fsp3) is 0.143. The van der Waals surface area contributed by atoms with Crippen LogP contribution in [0.5, 0.6) is 0 Å². The van der Waals surface area contributed by atoms with Crippen LogP contribution in [0.4, 0.5) is 0 Å². The topological polar surface area (TPSA) is 59.3 Å². The van der Waals surface area contributed by atoms with E-state index in [9.17, 15) is 9.59 Å². The minimum atomic E-state index is -0.230. The molecule has 2 heterocycles. The molecule has 0 spiro atoms. The van der Waals surface area contributed by atoms with E-state index < -0.39 is 0 Å². The van der Waals surface area contributed by atoms with Crippen molar-refractivity contribution in [2.24, 2.45) is 0 Å². The highest BCUT2D eigenvalue weighted by Crippen LogP contribution is 2.21. The van der Waals surface area contributed by atoms with Gasteiger partial charge in [-0.25, -0.2) is 0 Å². The van der Waals surface area contributed by atoms with E-state index in [1.165, 1.54) is 0 Å². The van der Waals surface area contributed by atoms with Gasteiger partial charge in [-0.3, -0.25) is 9.59 Å². The minimum Gasteiger partial charge on any atom is -0.446 e. The van der Waals surface area contributed by atoms with Gasteiger partial charge < -0.3 is 9.73 Å². The molecule has 3 rings (SSSR count). The van der Waals surface area contributed by atoms with Gasteiger partial charge in [-0.1, -0.05) is 12.1 Å². The molecule has 1 N–H and O–H groups in total. The van der Waals surface area contributed by atoms with Crippen molar-refractivity contribution < 1.29 is 14.0 Å². The first-order valence-electron chi connectivity index (χ1n) is 5.86. The molecular weight excluding hydrogens is 310 g/mol. The number of benzene rings is 1. The molecule has 4 nitrogen and oxygen atoms in total. The van der Waals surface area contributed by atoms with Crippen LogP contribution in [0.3, 0.4) is 0 Å². The first kappa shape index (κ1) is 12.2. The van der Waals surface area contributed by atoms with Crippen molar-refractivity contribution in [3.8, 4) is 0 Å². The molecule has 5 heteroatoms. The van der Waals surface area contributed by atoms with Crippen LogP contribution >= 0.6 is 15.9 Å². The van der Waals surface area contributed by atoms with E-state index in [0.717, 1.165) is 12.0 Å². The zero-order chi connectivity index (χ0) is 13.4. The molecule has 0 fully saturated rings. The number of rotatable bonds is 2. The maximum Gasteiger partial charge on any atom is 0.251 e. The average molecular weight is 320 g/mol. The summed E-state index contributed by atoms with van der Waals surface area (Å²) in [6, 6.07) is 8.46. The number of nitrogens with one attached hydrogen (secondary N) is 1. The Morgan fingerprint density at radius 1 is 1.26 bits per heavy atom. The minimum absolute atomic E-state index is 0.128. The van der Waals surface area contributed by atoms with Gasteiger partial charge in [0.1, 0.15) is 0 Å². The van der Waals surface area contributed by atoms with Crippen LogP contribution in [0.2, 0.25) is 0 Å². The first-order valence-corrected chi connectivity index (χ1v) is 6.65. The molecule has 0 aliphatic carbocycles. The van der Waals surface area contributed by atoms with Gasteiger partial charge in [0.2, 0.25) is 5.78 Å². The summed E-state index contributed by atoms with van der Waals surface area (Å²) in [7, 11) is 0. The second kappa shape index (κ2) is 4.66. The first-order chi connectivity index (χ1) is 9.15. The molecule has 0 saturated carbocycles. The maximum absolute atomic E-state index is 12.2. The molecule has 0 radical (unpaired) electrons. The summed E-state index contributed by atoms with van der Waals surface area (Å²) < 4.78 is 5.74. The Balaban J connectivity index is 2.00. The van der Waals surface area contributed by atoms with Crippen LogP contribution in [0.15, 0.2) is 39.4 Å². The van der Waals surface area contributed by atoms with Crippen LogP contribution in [0, 0.1) is 0 Å². The number of halogens is 1. The van der Waals surface area contributed by atoms with E-state index in [-0.39, 0.29) is 17.5 Å². The Morgan fingerprint density at radius 2 is 2.11 bits per heavy atom. The summed E-state index contributed by atoms with van der Waals surface area (Å²) in [6.07, 6.45) is 0.793. The fourth-order valence-electron chi connectivity index (χ4n) is 2.13. The molecule has 0 unspecified atom stereocenters. The maximum atomic E-state index is 12.2. The molecule has 1 aromatic carbocycles. The van der Waals surface area contributed by atoms with Gasteiger partial charge in [-0.15, -0.1) is 0 Å². The van der Waals surface area contributed by atoms with Crippen LogP contribution < -0.4 is 5.32 Å². The Hall–Kier alpha value is -1.88. The monoisotopic (exact) mass is 319 g/mol. The molecule has 1 aromatic heterocycles. The van der Waals surface area contributed by atoms with Crippen molar-refractivity contribution >= 4 is 27.6 Å². The quantitative estimate of drug-likeness (QED) is 0.865. The molecule has 1 aliphatic heterocycles. The average Bonchev–Trinajstić information content (AvgIpc) is 2.85. The third-order valence-corrected chi connectivity index (χ3v) is 3.52. The van der Waals surface area contributed by atoms with E-state index in [4.69, 9.17) is 4.42 Å². The Morgan fingerprint density at radius 3 is 2.84 bits per heavy atom.